The second-order valence-corrected chi connectivity index (χ2v) is 13.4. The van der Waals surface area contributed by atoms with Crippen LogP contribution in [0.15, 0.2) is 170 Å². The van der Waals surface area contributed by atoms with E-state index in [4.69, 9.17) is 0 Å². The fraction of sp³-hybridized carbons (Fsp3) is 0.0870. The lowest BCUT2D eigenvalue weighted by atomic mass is 9.67. The minimum absolute atomic E-state index is 0.00305. The molecule has 0 aliphatic heterocycles. The summed E-state index contributed by atoms with van der Waals surface area (Å²) in [4.78, 5) is 0. The molecule has 0 bridgehead atoms. The van der Waals surface area contributed by atoms with Crippen LogP contribution < -0.4 is 5.32 Å². The maximum Gasteiger partial charge on any atom is 0.0713 e. The predicted octanol–water partition coefficient (Wildman–Crippen LogP) is 11.8. The first-order valence-corrected chi connectivity index (χ1v) is 16.5. The smallest absolute Gasteiger partial charge is 0.0713 e. The lowest BCUT2D eigenvalue weighted by molar-refractivity contribution is 0.660. The monoisotopic (exact) mass is 601 g/mol. The molecule has 0 saturated heterocycles. The van der Waals surface area contributed by atoms with Crippen molar-refractivity contribution in [2.24, 2.45) is 0 Å². The van der Waals surface area contributed by atoms with Crippen molar-refractivity contribution in [3.05, 3.63) is 203 Å². The molecule has 0 amide bonds. The Hall–Kier alpha value is -5.66. The molecule has 1 heteroatoms. The highest BCUT2D eigenvalue weighted by molar-refractivity contribution is 5.96. The molecule has 0 heterocycles. The van der Waals surface area contributed by atoms with E-state index in [0.29, 0.717) is 0 Å². The summed E-state index contributed by atoms with van der Waals surface area (Å²) in [6, 6.07) is 62.4. The van der Waals surface area contributed by atoms with Gasteiger partial charge < -0.3 is 5.32 Å². The van der Waals surface area contributed by atoms with Gasteiger partial charge in [0.2, 0.25) is 0 Å². The molecule has 7 aromatic rings. The summed E-state index contributed by atoms with van der Waals surface area (Å²) < 4.78 is 0. The van der Waals surface area contributed by atoms with Gasteiger partial charge in [0.15, 0.2) is 0 Å². The van der Waals surface area contributed by atoms with Gasteiger partial charge in [-0.1, -0.05) is 159 Å². The van der Waals surface area contributed by atoms with Crippen LogP contribution in [0.3, 0.4) is 0 Å². The Morgan fingerprint density at radius 3 is 1.68 bits per heavy atom. The Balaban J connectivity index is 1.18. The zero-order valence-electron chi connectivity index (χ0n) is 26.7. The van der Waals surface area contributed by atoms with E-state index in [2.05, 4.69) is 189 Å². The Morgan fingerprint density at radius 2 is 0.936 bits per heavy atom. The molecule has 0 saturated carbocycles. The fourth-order valence-corrected chi connectivity index (χ4v) is 8.46. The first-order valence-electron chi connectivity index (χ1n) is 16.5. The lowest BCUT2D eigenvalue weighted by Gasteiger charge is -2.34. The van der Waals surface area contributed by atoms with E-state index >= 15 is 0 Å². The first kappa shape index (κ1) is 27.6. The maximum atomic E-state index is 3.76. The molecule has 224 valence electrons. The summed E-state index contributed by atoms with van der Waals surface area (Å²) in [6.07, 6.45) is 0. The van der Waals surface area contributed by atoms with Crippen LogP contribution in [0.1, 0.15) is 47.2 Å². The normalized spacial score (nSPS) is 14.5. The summed E-state index contributed by atoms with van der Waals surface area (Å²) in [7, 11) is 0. The molecule has 2 aliphatic carbocycles. The highest BCUT2D eigenvalue weighted by Gasteiger charge is 2.46. The van der Waals surface area contributed by atoms with E-state index in [-0.39, 0.29) is 5.41 Å². The molecule has 2 aliphatic rings. The molecule has 0 atom stereocenters. The average Bonchev–Trinajstić information content (AvgIpc) is 3.55. The van der Waals surface area contributed by atoms with Crippen molar-refractivity contribution in [3.8, 4) is 33.4 Å². The SMILES string of the molecule is CC1(C)c2ccccc2-c2cc(Nc3cccc(-c4cccc5c4-c4ccccc4C5(c4ccccc4)c4ccccc4)c3)ccc21. The number of nitrogens with one attached hydrogen (secondary N) is 1. The highest BCUT2D eigenvalue weighted by Crippen LogP contribution is 2.58. The van der Waals surface area contributed by atoms with E-state index in [9.17, 15) is 0 Å². The van der Waals surface area contributed by atoms with Crippen molar-refractivity contribution in [1.29, 1.82) is 0 Å². The van der Waals surface area contributed by atoms with E-state index in [1.807, 2.05) is 0 Å². The van der Waals surface area contributed by atoms with Gasteiger partial charge in [-0.25, -0.2) is 0 Å². The van der Waals surface area contributed by atoms with Crippen molar-refractivity contribution in [2.45, 2.75) is 24.7 Å². The van der Waals surface area contributed by atoms with Crippen LogP contribution in [0, 0.1) is 0 Å². The van der Waals surface area contributed by atoms with Gasteiger partial charge in [0.05, 0.1) is 5.41 Å². The Bertz CT molecular complexity index is 2260. The summed E-state index contributed by atoms with van der Waals surface area (Å²) >= 11 is 0. The van der Waals surface area contributed by atoms with Crippen molar-refractivity contribution in [3.63, 3.8) is 0 Å². The Kier molecular flexibility index (Phi) is 6.14. The molecule has 9 rings (SSSR count). The van der Waals surface area contributed by atoms with E-state index in [1.165, 1.54) is 66.8 Å². The molecule has 0 spiro atoms. The first-order chi connectivity index (χ1) is 23.1. The zero-order valence-corrected chi connectivity index (χ0v) is 26.7. The number of hydrogen-bond acceptors (Lipinski definition) is 1. The third-order valence-electron chi connectivity index (χ3n) is 10.5. The van der Waals surface area contributed by atoms with Gasteiger partial charge in [-0.05, 0) is 91.0 Å². The molecular formula is C46H35N. The van der Waals surface area contributed by atoms with Gasteiger partial charge in [0.1, 0.15) is 0 Å². The van der Waals surface area contributed by atoms with Crippen LogP contribution in [0.5, 0.6) is 0 Å². The molecule has 0 fully saturated rings. The molecule has 0 radical (unpaired) electrons. The number of hydrogen-bond donors (Lipinski definition) is 1. The molecule has 47 heavy (non-hydrogen) atoms. The molecule has 0 unspecified atom stereocenters. The van der Waals surface area contributed by atoms with Crippen molar-refractivity contribution >= 4 is 11.4 Å². The van der Waals surface area contributed by atoms with Gasteiger partial charge in [-0.3, -0.25) is 0 Å². The van der Waals surface area contributed by atoms with E-state index in [0.717, 1.165) is 11.4 Å². The van der Waals surface area contributed by atoms with E-state index in [1.54, 1.807) is 0 Å². The zero-order chi connectivity index (χ0) is 31.6. The minimum atomic E-state index is -0.408. The van der Waals surface area contributed by atoms with Gasteiger partial charge in [-0.2, -0.15) is 0 Å². The second-order valence-electron chi connectivity index (χ2n) is 13.4. The molecule has 0 aromatic heterocycles. The minimum Gasteiger partial charge on any atom is -0.355 e. The summed E-state index contributed by atoms with van der Waals surface area (Å²) in [5.41, 5.74) is 17.5. The van der Waals surface area contributed by atoms with Crippen molar-refractivity contribution in [2.75, 3.05) is 5.32 Å². The van der Waals surface area contributed by atoms with Gasteiger partial charge in [0, 0.05) is 16.8 Å². The summed E-state index contributed by atoms with van der Waals surface area (Å²) in [5.74, 6) is 0. The number of benzene rings is 7. The molecule has 1 nitrogen and oxygen atoms in total. The fourth-order valence-electron chi connectivity index (χ4n) is 8.46. The van der Waals surface area contributed by atoms with Gasteiger partial charge in [-0.15, -0.1) is 0 Å². The number of fused-ring (bicyclic) bond motifs is 6. The van der Waals surface area contributed by atoms with Crippen LogP contribution >= 0.6 is 0 Å². The van der Waals surface area contributed by atoms with Crippen LogP contribution in [-0.4, -0.2) is 0 Å². The topological polar surface area (TPSA) is 12.0 Å². The third-order valence-corrected chi connectivity index (χ3v) is 10.5. The third kappa shape index (κ3) is 4.03. The number of anilines is 2. The quantitative estimate of drug-likeness (QED) is 0.207. The van der Waals surface area contributed by atoms with Crippen LogP contribution in [0.4, 0.5) is 11.4 Å². The largest absolute Gasteiger partial charge is 0.355 e. The Morgan fingerprint density at radius 1 is 0.383 bits per heavy atom. The summed E-state index contributed by atoms with van der Waals surface area (Å²) in [6.45, 7) is 4.66. The lowest BCUT2D eigenvalue weighted by Crippen LogP contribution is -2.28. The Labute approximate surface area is 277 Å². The highest BCUT2D eigenvalue weighted by atomic mass is 14.9. The molecular weight excluding hydrogens is 567 g/mol. The van der Waals surface area contributed by atoms with Crippen molar-refractivity contribution < 1.29 is 0 Å². The molecule has 1 N–H and O–H groups in total. The number of rotatable bonds is 5. The average molecular weight is 602 g/mol. The van der Waals surface area contributed by atoms with Crippen LogP contribution in [0.2, 0.25) is 0 Å². The summed E-state index contributed by atoms with van der Waals surface area (Å²) in [5, 5.41) is 3.76. The standard InChI is InChI=1S/C46H35N/c1-45(2)40-24-11-9-21-37(40)39-30-35(27-28-41(39)45)47-34-20-13-15-31(29-34)36-23-14-26-43-44(36)38-22-10-12-25-42(38)46(43,32-16-5-3-6-17-32)33-18-7-4-8-19-33/h3-30,47H,1-2H3. The second kappa shape index (κ2) is 10.4. The van der Waals surface area contributed by atoms with Crippen molar-refractivity contribution in [1.82, 2.24) is 0 Å². The van der Waals surface area contributed by atoms with Gasteiger partial charge >= 0.3 is 0 Å². The van der Waals surface area contributed by atoms with Crippen LogP contribution in [0.25, 0.3) is 33.4 Å². The van der Waals surface area contributed by atoms with E-state index < -0.39 is 5.41 Å². The molecule has 7 aromatic carbocycles. The van der Waals surface area contributed by atoms with Crippen LogP contribution in [-0.2, 0) is 10.8 Å². The van der Waals surface area contributed by atoms with Gasteiger partial charge in [0.25, 0.3) is 0 Å². The maximum absolute atomic E-state index is 3.76. The predicted molar refractivity (Wildman–Crippen MR) is 196 cm³/mol.